The maximum absolute atomic E-state index is 13.0. The number of oxime groups is 2. The van der Waals surface area contributed by atoms with Crippen molar-refractivity contribution in [2.75, 3.05) is 24.6 Å². The zero-order chi connectivity index (χ0) is 24.8. The SMILES string of the molecule is O=C(NCCCSSCCCNC(=O)/C(=N/O)c1ccc(F)cc1)/C(=N/O)c1ccc(F)cc1. The maximum Gasteiger partial charge on any atom is 0.273 e. The number of halogens is 2. The van der Waals surface area contributed by atoms with E-state index < -0.39 is 23.4 Å². The summed E-state index contributed by atoms with van der Waals surface area (Å²) in [4.78, 5) is 24.2. The monoisotopic (exact) mass is 510 g/mol. The molecule has 0 saturated heterocycles. The third-order valence-corrected chi connectivity index (χ3v) is 6.91. The molecule has 2 aromatic carbocycles. The summed E-state index contributed by atoms with van der Waals surface area (Å²) in [5.74, 6) is -0.460. The van der Waals surface area contributed by atoms with E-state index in [0.717, 1.165) is 11.5 Å². The summed E-state index contributed by atoms with van der Waals surface area (Å²) in [7, 11) is 3.23. The van der Waals surface area contributed by atoms with E-state index in [1.165, 1.54) is 48.5 Å². The van der Waals surface area contributed by atoms with Crippen LogP contribution in [0.2, 0.25) is 0 Å². The topological polar surface area (TPSA) is 123 Å². The van der Waals surface area contributed by atoms with Gasteiger partial charge in [-0.1, -0.05) is 31.9 Å². The van der Waals surface area contributed by atoms with Crippen LogP contribution in [0.4, 0.5) is 8.78 Å². The first-order valence-corrected chi connectivity index (χ1v) is 12.7. The van der Waals surface area contributed by atoms with Crippen LogP contribution in [-0.2, 0) is 9.59 Å². The highest BCUT2D eigenvalue weighted by molar-refractivity contribution is 8.76. The van der Waals surface area contributed by atoms with Gasteiger partial charge in [-0.2, -0.15) is 0 Å². The van der Waals surface area contributed by atoms with Gasteiger partial charge >= 0.3 is 0 Å². The Hall–Kier alpha value is -3.12. The maximum atomic E-state index is 13.0. The highest BCUT2D eigenvalue weighted by Crippen LogP contribution is 2.22. The van der Waals surface area contributed by atoms with Crippen LogP contribution in [-0.4, -0.2) is 58.2 Å². The molecule has 0 radical (unpaired) electrons. The first kappa shape index (κ1) is 27.1. The van der Waals surface area contributed by atoms with E-state index in [1.54, 1.807) is 21.6 Å². The minimum absolute atomic E-state index is 0.182. The smallest absolute Gasteiger partial charge is 0.273 e. The largest absolute Gasteiger partial charge is 0.410 e. The van der Waals surface area contributed by atoms with Crippen LogP contribution in [0.3, 0.4) is 0 Å². The first-order chi connectivity index (χ1) is 16.5. The van der Waals surface area contributed by atoms with Gasteiger partial charge < -0.3 is 21.0 Å². The third kappa shape index (κ3) is 9.02. The van der Waals surface area contributed by atoms with Crippen molar-refractivity contribution in [2.45, 2.75) is 12.8 Å². The lowest BCUT2D eigenvalue weighted by Crippen LogP contribution is -2.32. The van der Waals surface area contributed by atoms with E-state index >= 15 is 0 Å². The molecule has 0 saturated carbocycles. The molecule has 0 bridgehead atoms. The summed E-state index contributed by atoms with van der Waals surface area (Å²) in [5, 5.41) is 29.5. The molecular formula is C22H24F2N4O4S2. The number of hydrogen-bond donors (Lipinski definition) is 4. The number of nitrogens with one attached hydrogen (secondary N) is 2. The molecule has 0 heterocycles. The Morgan fingerprint density at radius 3 is 1.38 bits per heavy atom. The second kappa shape index (κ2) is 14.9. The molecule has 8 nitrogen and oxygen atoms in total. The van der Waals surface area contributed by atoms with E-state index in [-0.39, 0.29) is 11.4 Å². The van der Waals surface area contributed by atoms with Gasteiger partial charge in [-0.05, 0) is 61.4 Å². The lowest BCUT2D eigenvalue weighted by molar-refractivity contribution is -0.115. The first-order valence-electron chi connectivity index (χ1n) is 10.2. The van der Waals surface area contributed by atoms with Gasteiger partial charge in [0, 0.05) is 35.7 Å². The van der Waals surface area contributed by atoms with Crippen LogP contribution in [0.1, 0.15) is 24.0 Å². The summed E-state index contributed by atoms with van der Waals surface area (Å²) < 4.78 is 26.0. The summed E-state index contributed by atoms with van der Waals surface area (Å²) in [6.07, 6.45) is 1.38. The molecule has 2 amide bonds. The highest BCUT2D eigenvalue weighted by atomic mass is 33.1. The molecule has 0 spiro atoms. The Morgan fingerprint density at radius 2 is 1.06 bits per heavy atom. The van der Waals surface area contributed by atoms with E-state index in [1.807, 2.05) is 0 Å². The van der Waals surface area contributed by atoms with Crippen molar-refractivity contribution in [3.05, 3.63) is 71.3 Å². The predicted molar refractivity (Wildman–Crippen MR) is 130 cm³/mol. The zero-order valence-electron chi connectivity index (χ0n) is 18.0. The normalized spacial score (nSPS) is 11.8. The van der Waals surface area contributed by atoms with Crippen molar-refractivity contribution in [2.24, 2.45) is 10.3 Å². The molecule has 4 N–H and O–H groups in total. The van der Waals surface area contributed by atoms with Crippen LogP contribution in [0, 0.1) is 11.6 Å². The van der Waals surface area contributed by atoms with Crippen molar-refractivity contribution < 1.29 is 28.8 Å². The Morgan fingerprint density at radius 1 is 0.706 bits per heavy atom. The summed E-state index contributed by atoms with van der Waals surface area (Å²) in [5.41, 5.74) is 0.262. The molecular weight excluding hydrogens is 486 g/mol. The number of carbonyl (C=O) groups excluding carboxylic acids is 2. The van der Waals surface area contributed by atoms with E-state index in [9.17, 15) is 18.4 Å². The number of rotatable bonds is 13. The van der Waals surface area contributed by atoms with Gasteiger partial charge in [-0.3, -0.25) is 9.59 Å². The lowest BCUT2D eigenvalue weighted by Gasteiger charge is -2.08. The van der Waals surface area contributed by atoms with Gasteiger partial charge in [0.15, 0.2) is 11.4 Å². The fourth-order valence-corrected chi connectivity index (χ4v) is 4.81. The average Bonchev–Trinajstić information content (AvgIpc) is 2.83. The second-order valence-electron chi connectivity index (χ2n) is 6.77. The number of nitrogens with zero attached hydrogens (tertiary/aromatic N) is 2. The Labute approximate surface area is 203 Å². The van der Waals surface area contributed by atoms with Crippen LogP contribution >= 0.6 is 21.6 Å². The number of benzene rings is 2. The van der Waals surface area contributed by atoms with Crippen LogP contribution < -0.4 is 10.6 Å². The summed E-state index contributed by atoms with van der Waals surface area (Å²) in [6.45, 7) is 0.768. The number of carbonyl (C=O) groups is 2. The molecule has 0 aliphatic heterocycles. The molecule has 12 heteroatoms. The van der Waals surface area contributed by atoms with Crippen LogP contribution in [0.25, 0.3) is 0 Å². The average molecular weight is 511 g/mol. The van der Waals surface area contributed by atoms with E-state index in [4.69, 9.17) is 10.4 Å². The van der Waals surface area contributed by atoms with Gasteiger partial charge in [0.1, 0.15) is 11.6 Å². The van der Waals surface area contributed by atoms with Crippen molar-refractivity contribution >= 4 is 44.8 Å². The quantitative estimate of drug-likeness (QED) is 0.108. The molecule has 0 aliphatic carbocycles. The minimum Gasteiger partial charge on any atom is -0.410 e. The molecule has 0 fully saturated rings. The van der Waals surface area contributed by atoms with Crippen LogP contribution in [0.15, 0.2) is 58.8 Å². The van der Waals surface area contributed by atoms with Gasteiger partial charge in [0.25, 0.3) is 11.8 Å². The minimum atomic E-state index is -0.547. The van der Waals surface area contributed by atoms with Gasteiger partial charge in [-0.25, -0.2) is 8.78 Å². The molecule has 0 aliphatic rings. The van der Waals surface area contributed by atoms with Gasteiger partial charge in [0.05, 0.1) is 0 Å². The third-order valence-electron chi connectivity index (χ3n) is 4.33. The summed E-state index contributed by atoms with van der Waals surface area (Å²) >= 11 is 0. The Kier molecular flexibility index (Phi) is 11.9. The fourth-order valence-electron chi connectivity index (χ4n) is 2.64. The predicted octanol–water partition coefficient (Wildman–Crippen LogP) is 3.42. The second-order valence-corrected chi connectivity index (χ2v) is 9.48. The van der Waals surface area contributed by atoms with Gasteiger partial charge in [-0.15, -0.1) is 0 Å². The van der Waals surface area contributed by atoms with Crippen molar-refractivity contribution in [1.29, 1.82) is 0 Å². The molecule has 0 unspecified atom stereocenters. The Bertz CT molecular complexity index is 921. The molecule has 2 rings (SSSR count). The molecule has 2 aromatic rings. The van der Waals surface area contributed by atoms with E-state index in [0.29, 0.717) is 37.1 Å². The highest BCUT2D eigenvalue weighted by Gasteiger charge is 2.15. The molecule has 0 aromatic heterocycles. The number of amides is 2. The van der Waals surface area contributed by atoms with E-state index in [2.05, 4.69) is 20.9 Å². The summed E-state index contributed by atoms with van der Waals surface area (Å²) in [6, 6.07) is 10.2. The lowest BCUT2D eigenvalue weighted by atomic mass is 10.1. The molecule has 182 valence electrons. The van der Waals surface area contributed by atoms with Crippen LogP contribution in [0.5, 0.6) is 0 Å². The van der Waals surface area contributed by atoms with Crippen molar-refractivity contribution in [1.82, 2.24) is 10.6 Å². The Balaban J connectivity index is 1.54. The fraction of sp³-hybridized carbons (Fsp3) is 0.273. The molecule has 34 heavy (non-hydrogen) atoms. The molecule has 0 atom stereocenters. The standard InChI is InChI=1S/C22H24F2N4O4S2/c23-17-7-3-15(4-8-17)19(27-31)21(29)25-11-1-13-33-34-14-2-12-26-22(30)20(28-32)16-5-9-18(24)10-6-16/h3-10,31-32H,1-2,11-14H2,(H,25,29)(H,26,30)/b27-19+,28-20+. The van der Waals surface area contributed by atoms with Gasteiger partial charge in [0.2, 0.25) is 0 Å². The van der Waals surface area contributed by atoms with Crippen molar-refractivity contribution in [3.63, 3.8) is 0 Å². The number of hydrogen-bond acceptors (Lipinski definition) is 8. The zero-order valence-corrected chi connectivity index (χ0v) is 19.7. The van der Waals surface area contributed by atoms with Crippen molar-refractivity contribution in [3.8, 4) is 0 Å².